The summed E-state index contributed by atoms with van der Waals surface area (Å²) in [5.41, 5.74) is 0.946. The van der Waals surface area contributed by atoms with Crippen LogP contribution in [0, 0.1) is 0 Å². The summed E-state index contributed by atoms with van der Waals surface area (Å²) >= 11 is 0. The third-order valence-corrected chi connectivity index (χ3v) is 1.44. The molecule has 0 spiro atoms. The summed E-state index contributed by atoms with van der Waals surface area (Å²) in [6.07, 6.45) is 2.61. The maximum Gasteiger partial charge on any atom is 0.354 e. The van der Waals surface area contributed by atoms with Crippen LogP contribution in [-0.4, -0.2) is 21.0 Å². The number of carbonyl (C=O) groups is 1. The number of hydrogen-bond donors (Lipinski definition) is 1. The van der Waals surface area contributed by atoms with E-state index in [2.05, 4.69) is 9.97 Å². The maximum absolute atomic E-state index is 10.4. The van der Waals surface area contributed by atoms with E-state index < -0.39 is 5.97 Å². The number of aromatic nitrogens is 2. The van der Waals surface area contributed by atoms with Crippen molar-refractivity contribution >= 4 is 17.1 Å². The number of fused-ring (bicyclic) bond motifs is 1. The van der Waals surface area contributed by atoms with E-state index in [1.165, 1.54) is 18.7 Å². The zero-order chi connectivity index (χ0) is 8.55. The molecule has 0 bridgehead atoms. The second kappa shape index (κ2) is 2.30. The first-order valence-corrected chi connectivity index (χ1v) is 3.20. The molecule has 0 amide bonds. The summed E-state index contributed by atoms with van der Waals surface area (Å²) in [4.78, 5) is 17.9. The maximum atomic E-state index is 10.4. The lowest BCUT2D eigenvalue weighted by Crippen LogP contribution is -1.98. The SMILES string of the molecule is O=C(O)c1cc2ocnc2cn1. The van der Waals surface area contributed by atoms with Crippen LogP contribution in [0.15, 0.2) is 23.1 Å². The normalized spacial score (nSPS) is 10.3. The topological polar surface area (TPSA) is 76.2 Å². The van der Waals surface area contributed by atoms with Crippen LogP contribution in [-0.2, 0) is 0 Å². The molecule has 5 nitrogen and oxygen atoms in total. The van der Waals surface area contributed by atoms with Crippen LogP contribution in [0.2, 0.25) is 0 Å². The fourth-order valence-electron chi connectivity index (χ4n) is 0.878. The Morgan fingerprint density at radius 2 is 2.33 bits per heavy atom. The van der Waals surface area contributed by atoms with Gasteiger partial charge in [0, 0.05) is 6.07 Å². The lowest BCUT2D eigenvalue weighted by atomic mass is 10.3. The van der Waals surface area contributed by atoms with Crippen LogP contribution in [0.3, 0.4) is 0 Å². The molecule has 0 saturated carbocycles. The van der Waals surface area contributed by atoms with Gasteiger partial charge in [-0.3, -0.25) is 0 Å². The van der Waals surface area contributed by atoms with Crippen molar-refractivity contribution in [2.75, 3.05) is 0 Å². The molecule has 0 unspecified atom stereocenters. The van der Waals surface area contributed by atoms with E-state index in [9.17, 15) is 4.79 Å². The van der Waals surface area contributed by atoms with Gasteiger partial charge in [0.15, 0.2) is 17.7 Å². The van der Waals surface area contributed by atoms with Crippen LogP contribution in [0.1, 0.15) is 10.5 Å². The van der Waals surface area contributed by atoms with Crippen molar-refractivity contribution in [2.45, 2.75) is 0 Å². The first-order valence-electron chi connectivity index (χ1n) is 3.20. The van der Waals surface area contributed by atoms with E-state index in [4.69, 9.17) is 9.52 Å². The minimum Gasteiger partial charge on any atom is -0.477 e. The van der Waals surface area contributed by atoms with Crippen molar-refractivity contribution in [2.24, 2.45) is 0 Å². The van der Waals surface area contributed by atoms with E-state index in [0.29, 0.717) is 11.1 Å². The van der Waals surface area contributed by atoms with Crippen LogP contribution < -0.4 is 0 Å². The highest BCUT2D eigenvalue weighted by atomic mass is 16.4. The van der Waals surface area contributed by atoms with Gasteiger partial charge in [0.2, 0.25) is 0 Å². The first-order chi connectivity index (χ1) is 5.77. The lowest BCUT2D eigenvalue weighted by Gasteiger charge is -1.90. The smallest absolute Gasteiger partial charge is 0.354 e. The Bertz CT molecular complexity index is 435. The fraction of sp³-hybridized carbons (Fsp3) is 0. The lowest BCUT2D eigenvalue weighted by molar-refractivity contribution is 0.0690. The minimum absolute atomic E-state index is 0.0424. The molecular weight excluding hydrogens is 160 g/mol. The number of carboxylic acid groups (broad SMARTS) is 1. The predicted molar refractivity (Wildman–Crippen MR) is 38.8 cm³/mol. The highest BCUT2D eigenvalue weighted by Gasteiger charge is 2.06. The molecule has 2 heterocycles. The van der Waals surface area contributed by atoms with Crippen molar-refractivity contribution in [1.82, 2.24) is 9.97 Å². The number of rotatable bonds is 1. The van der Waals surface area contributed by atoms with Crippen LogP contribution in [0.25, 0.3) is 11.1 Å². The zero-order valence-electron chi connectivity index (χ0n) is 5.89. The van der Waals surface area contributed by atoms with E-state index in [1.807, 2.05) is 0 Å². The summed E-state index contributed by atoms with van der Waals surface area (Å²) in [7, 11) is 0. The third-order valence-electron chi connectivity index (χ3n) is 1.44. The van der Waals surface area contributed by atoms with Gasteiger partial charge in [-0.15, -0.1) is 0 Å². The Morgan fingerprint density at radius 1 is 1.50 bits per heavy atom. The molecule has 0 fully saturated rings. The molecular formula is C7H4N2O3. The van der Waals surface area contributed by atoms with E-state index in [-0.39, 0.29) is 5.69 Å². The number of oxazole rings is 1. The van der Waals surface area contributed by atoms with Gasteiger partial charge in [0.1, 0.15) is 5.52 Å². The number of hydrogen-bond acceptors (Lipinski definition) is 4. The molecule has 2 aromatic heterocycles. The van der Waals surface area contributed by atoms with Gasteiger partial charge >= 0.3 is 5.97 Å². The zero-order valence-corrected chi connectivity index (χ0v) is 5.89. The van der Waals surface area contributed by atoms with Crippen LogP contribution >= 0.6 is 0 Å². The molecule has 0 aliphatic rings. The molecule has 60 valence electrons. The van der Waals surface area contributed by atoms with Crippen LogP contribution in [0.5, 0.6) is 0 Å². The van der Waals surface area contributed by atoms with Crippen molar-refractivity contribution in [3.63, 3.8) is 0 Å². The van der Waals surface area contributed by atoms with Crippen molar-refractivity contribution in [1.29, 1.82) is 0 Å². The summed E-state index contributed by atoms with van der Waals surface area (Å²) in [5.74, 6) is -1.08. The molecule has 0 saturated heterocycles. The van der Waals surface area contributed by atoms with E-state index >= 15 is 0 Å². The molecule has 2 aromatic rings. The Balaban J connectivity index is 2.68. The number of nitrogens with zero attached hydrogens (tertiary/aromatic N) is 2. The molecule has 12 heavy (non-hydrogen) atoms. The van der Waals surface area contributed by atoms with Gasteiger partial charge in [0.05, 0.1) is 6.20 Å². The molecule has 1 N–H and O–H groups in total. The van der Waals surface area contributed by atoms with Crippen molar-refractivity contribution in [3.05, 3.63) is 24.4 Å². The van der Waals surface area contributed by atoms with Gasteiger partial charge in [-0.2, -0.15) is 0 Å². The monoisotopic (exact) mass is 164 g/mol. The van der Waals surface area contributed by atoms with Crippen molar-refractivity contribution in [3.8, 4) is 0 Å². The second-order valence-electron chi connectivity index (χ2n) is 2.19. The molecule has 0 atom stereocenters. The summed E-state index contributed by atoms with van der Waals surface area (Å²) in [5, 5.41) is 8.56. The standard InChI is InChI=1S/C7H4N2O3/c10-7(11)4-1-6-5(2-8-4)9-3-12-6/h1-3H,(H,10,11). The largest absolute Gasteiger partial charge is 0.477 e. The van der Waals surface area contributed by atoms with Gasteiger partial charge in [-0.05, 0) is 0 Å². The molecule has 0 aliphatic heterocycles. The van der Waals surface area contributed by atoms with Crippen LogP contribution in [0.4, 0.5) is 0 Å². The molecule has 0 radical (unpaired) electrons. The van der Waals surface area contributed by atoms with E-state index in [1.54, 1.807) is 0 Å². The minimum atomic E-state index is -1.08. The third kappa shape index (κ3) is 0.914. The Morgan fingerprint density at radius 3 is 3.08 bits per heavy atom. The van der Waals surface area contributed by atoms with Gasteiger partial charge < -0.3 is 9.52 Å². The average molecular weight is 164 g/mol. The second-order valence-corrected chi connectivity index (χ2v) is 2.19. The number of pyridine rings is 1. The van der Waals surface area contributed by atoms with Crippen molar-refractivity contribution < 1.29 is 14.3 Å². The highest BCUT2D eigenvalue weighted by Crippen LogP contribution is 2.11. The summed E-state index contributed by atoms with van der Waals surface area (Å²) in [6.45, 7) is 0. The molecule has 0 aliphatic carbocycles. The average Bonchev–Trinajstić information content (AvgIpc) is 2.49. The van der Waals surface area contributed by atoms with Gasteiger partial charge in [-0.25, -0.2) is 14.8 Å². The van der Waals surface area contributed by atoms with E-state index in [0.717, 1.165) is 0 Å². The molecule has 5 heteroatoms. The number of carboxylic acids is 1. The Hall–Kier alpha value is -1.91. The first kappa shape index (κ1) is 6.78. The summed E-state index contributed by atoms with van der Waals surface area (Å²) in [6, 6.07) is 1.34. The fourth-order valence-corrected chi connectivity index (χ4v) is 0.878. The highest BCUT2D eigenvalue weighted by molar-refractivity contribution is 5.88. The number of aromatic carboxylic acids is 1. The molecule has 2 rings (SSSR count). The summed E-state index contributed by atoms with van der Waals surface area (Å²) < 4.78 is 4.89. The Labute approximate surface area is 66.7 Å². The molecule has 0 aromatic carbocycles. The van der Waals surface area contributed by atoms with Gasteiger partial charge in [0.25, 0.3) is 0 Å². The Kier molecular flexibility index (Phi) is 1.30. The quantitative estimate of drug-likeness (QED) is 0.678. The predicted octanol–water partition coefficient (Wildman–Crippen LogP) is 0.921. The van der Waals surface area contributed by atoms with Gasteiger partial charge in [-0.1, -0.05) is 0 Å².